The second-order valence-electron chi connectivity index (χ2n) is 10.3. The molecule has 3 fully saturated rings. The Bertz CT molecular complexity index is 1240. The van der Waals surface area contributed by atoms with Crippen LogP contribution in [0.1, 0.15) is 60.9 Å². The number of aliphatic hydroxyl groups excluding tert-OH is 1. The molecule has 0 unspecified atom stereocenters. The van der Waals surface area contributed by atoms with Gasteiger partial charge in [0.15, 0.2) is 17.6 Å². The molecule has 1 N–H and O–H groups in total. The number of rotatable bonds is 5. The number of carbonyl (C=O) groups is 1. The average Bonchev–Trinajstić information content (AvgIpc) is 3.11. The zero-order chi connectivity index (χ0) is 23.0. The molecule has 33 heavy (non-hydrogen) atoms. The molecule has 170 valence electrons. The topological polar surface area (TPSA) is 72.6 Å². The summed E-state index contributed by atoms with van der Waals surface area (Å²) in [7, 11) is 0. The molecule has 1 aliphatic heterocycles. The van der Waals surface area contributed by atoms with Crippen molar-refractivity contribution in [1.82, 2.24) is 4.98 Å². The number of fused-ring (bicyclic) bond motifs is 1. The monoisotopic (exact) mass is 463 g/mol. The van der Waals surface area contributed by atoms with Gasteiger partial charge in [0, 0.05) is 34.4 Å². The van der Waals surface area contributed by atoms with Crippen LogP contribution in [0.3, 0.4) is 0 Å². The molecule has 0 radical (unpaired) electrons. The Labute approximate surface area is 197 Å². The van der Waals surface area contributed by atoms with E-state index in [1.807, 2.05) is 6.92 Å². The van der Waals surface area contributed by atoms with Crippen molar-refractivity contribution in [3.63, 3.8) is 0 Å². The fourth-order valence-electron chi connectivity index (χ4n) is 6.11. The number of hydrogen-bond donors (Lipinski definition) is 1. The summed E-state index contributed by atoms with van der Waals surface area (Å²) >= 11 is 6.03. The van der Waals surface area contributed by atoms with Crippen molar-refractivity contribution in [3.05, 3.63) is 70.2 Å². The maximum Gasteiger partial charge on any atom is 0.201 e. The van der Waals surface area contributed by atoms with Crippen LogP contribution in [0.4, 0.5) is 0 Å². The third-order valence-corrected chi connectivity index (χ3v) is 7.89. The Hall–Kier alpha value is -2.63. The first kappa shape index (κ1) is 20.9. The van der Waals surface area contributed by atoms with Crippen LogP contribution in [0.25, 0.3) is 11.3 Å². The minimum Gasteiger partial charge on any atom is -0.482 e. The van der Waals surface area contributed by atoms with Crippen LogP contribution in [0, 0.1) is 19.3 Å². The Morgan fingerprint density at radius 3 is 2.61 bits per heavy atom. The summed E-state index contributed by atoms with van der Waals surface area (Å²) in [6, 6.07) is 13.4. The molecule has 3 saturated carbocycles. The Morgan fingerprint density at radius 1 is 1.15 bits per heavy atom. The van der Waals surface area contributed by atoms with Crippen molar-refractivity contribution < 1.29 is 19.1 Å². The predicted octanol–water partition coefficient (Wildman–Crippen LogP) is 5.88. The van der Waals surface area contributed by atoms with E-state index in [9.17, 15) is 9.90 Å². The van der Waals surface area contributed by atoms with Crippen molar-refractivity contribution in [3.8, 4) is 17.1 Å². The second kappa shape index (κ2) is 7.18. The summed E-state index contributed by atoms with van der Waals surface area (Å²) in [5, 5.41) is 11.0. The molecule has 0 saturated heterocycles. The van der Waals surface area contributed by atoms with Crippen LogP contribution in [-0.2, 0) is 10.2 Å². The largest absolute Gasteiger partial charge is 0.482 e. The van der Waals surface area contributed by atoms with Gasteiger partial charge in [-0.2, -0.15) is 0 Å². The number of aromatic nitrogens is 1. The molecular weight excluding hydrogens is 438 g/mol. The SMILES string of the molecule is Cc1ccc(-c2oc(C34CC(CC(=O)[C@@H]5C[C@@H](O)c6cc(Cl)ccc6O5)(C3)C4)nc2C)cc1. The van der Waals surface area contributed by atoms with Crippen molar-refractivity contribution in [1.29, 1.82) is 0 Å². The molecule has 0 amide bonds. The lowest BCUT2D eigenvalue weighted by Crippen LogP contribution is -2.65. The highest BCUT2D eigenvalue weighted by atomic mass is 35.5. The lowest BCUT2D eigenvalue weighted by Gasteiger charge is -2.69. The van der Waals surface area contributed by atoms with E-state index in [1.165, 1.54) is 5.56 Å². The molecular formula is C27H26ClNO4. The summed E-state index contributed by atoms with van der Waals surface area (Å²) in [5.74, 6) is 2.25. The first-order valence-electron chi connectivity index (χ1n) is 11.5. The summed E-state index contributed by atoms with van der Waals surface area (Å²) in [6.07, 6.45) is 2.14. The summed E-state index contributed by atoms with van der Waals surface area (Å²) in [5.41, 5.74) is 3.79. The fourth-order valence-corrected chi connectivity index (χ4v) is 6.29. The average molecular weight is 464 g/mol. The van der Waals surface area contributed by atoms with Gasteiger partial charge >= 0.3 is 0 Å². The zero-order valence-corrected chi connectivity index (χ0v) is 19.5. The van der Waals surface area contributed by atoms with Crippen molar-refractivity contribution in [2.45, 2.75) is 63.6 Å². The second-order valence-corrected chi connectivity index (χ2v) is 10.7. The number of oxazole rings is 1. The molecule has 2 bridgehead atoms. The highest BCUT2D eigenvalue weighted by Gasteiger charge is 2.71. The van der Waals surface area contributed by atoms with Gasteiger partial charge in [-0.1, -0.05) is 41.4 Å². The van der Waals surface area contributed by atoms with E-state index in [-0.39, 0.29) is 23.0 Å². The molecule has 7 rings (SSSR count). The third-order valence-electron chi connectivity index (χ3n) is 7.65. The first-order valence-corrected chi connectivity index (χ1v) is 11.9. The van der Waals surface area contributed by atoms with Gasteiger partial charge in [0.05, 0.1) is 11.8 Å². The molecule has 3 aliphatic carbocycles. The zero-order valence-electron chi connectivity index (χ0n) is 18.7. The lowest BCUT2D eigenvalue weighted by molar-refractivity contribution is -0.171. The number of aryl methyl sites for hydroxylation is 2. The summed E-state index contributed by atoms with van der Waals surface area (Å²) in [4.78, 5) is 17.8. The third kappa shape index (κ3) is 3.32. The maximum absolute atomic E-state index is 13.1. The van der Waals surface area contributed by atoms with Gasteiger partial charge in [-0.25, -0.2) is 4.98 Å². The minimum absolute atomic E-state index is 0.0120. The number of benzene rings is 2. The minimum atomic E-state index is -0.740. The summed E-state index contributed by atoms with van der Waals surface area (Å²) in [6.45, 7) is 4.06. The Balaban J connectivity index is 1.12. The molecule has 3 aromatic rings. The van der Waals surface area contributed by atoms with Crippen molar-refractivity contribution in [2.24, 2.45) is 5.41 Å². The van der Waals surface area contributed by atoms with Crippen molar-refractivity contribution in [2.75, 3.05) is 0 Å². The molecule has 5 nitrogen and oxygen atoms in total. The number of ether oxygens (including phenoxy) is 1. The number of halogens is 1. The van der Waals surface area contributed by atoms with Gasteiger partial charge in [0.25, 0.3) is 0 Å². The van der Waals surface area contributed by atoms with Crippen molar-refractivity contribution >= 4 is 17.4 Å². The van der Waals surface area contributed by atoms with Crippen LogP contribution in [0.5, 0.6) is 5.75 Å². The fraction of sp³-hybridized carbons (Fsp3) is 0.407. The summed E-state index contributed by atoms with van der Waals surface area (Å²) < 4.78 is 12.2. The van der Waals surface area contributed by atoms with Gasteiger partial charge in [0.2, 0.25) is 5.89 Å². The maximum atomic E-state index is 13.1. The van der Waals surface area contributed by atoms with E-state index < -0.39 is 12.2 Å². The molecule has 1 aromatic heterocycles. The Kier molecular flexibility index (Phi) is 4.56. The van der Waals surface area contributed by atoms with Gasteiger partial charge in [-0.05, 0) is 56.7 Å². The van der Waals surface area contributed by atoms with Crippen LogP contribution in [-0.4, -0.2) is 22.0 Å². The smallest absolute Gasteiger partial charge is 0.201 e. The van der Waals surface area contributed by atoms with E-state index in [1.54, 1.807) is 18.2 Å². The lowest BCUT2D eigenvalue weighted by atomic mass is 9.34. The van der Waals surface area contributed by atoms with E-state index in [0.717, 1.165) is 42.2 Å². The van der Waals surface area contributed by atoms with Crippen LogP contribution < -0.4 is 4.74 Å². The predicted molar refractivity (Wildman–Crippen MR) is 124 cm³/mol. The Morgan fingerprint density at radius 2 is 1.88 bits per heavy atom. The van der Waals surface area contributed by atoms with E-state index in [0.29, 0.717) is 22.8 Å². The van der Waals surface area contributed by atoms with E-state index >= 15 is 0 Å². The highest BCUT2D eigenvalue weighted by Crippen LogP contribution is 2.75. The molecule has 0 spiro atoms. The first-order chi connectivity index (χ1) is 15.8. The molecule has 6 heteroatoms. The van der Waals surface area contributed by atoms with Gasteiger partial charge in [0.1, 0.15) is 5.75 Å². The molecule has 2 heterocycles. The van der Waals surface area contributed by atoms with Crippen LogP contribution in [0.2, 0.25) is 5.02 Å². The van der Waals surface area contributed by atoms with Gasteiger partial charge in [-0.3, -0.25) is 4.79 Å². The molecule has 2 atom stereocenters. The normalized spacial score (nSPS) is 29.5. The van der Waals surface area contributed by atoms with E-state index in [4.69, 9.17) is 25.7 Å². The van der Waals surface area contributed by atoms with Crippen LogP contribution >= 0.6 is 11.6 Å². The van der Waals surface area contributed by atoms with Gasteiger partial charge in [-0.15, -0.1) is 0 Å². The number of ketones is 1. The number of Topliss-reactive ketones (excluding diaryl/α,β-unsaturated/α-hetero) is 1. The number of carbonyl (C=O) groups excluding carboxylic acids is 1. The number of nitrogens with zero attached hydrogens (tertiary/aromatic N) is 1. The highest BCUT2D eigenvalue weighted by molar-refractivity contribution is 6.30. The molecule has 2 aromatic carbocycles. The van der Waals surface area contributed by atoms with Gasteiger partial charge < -0.3 is 14.3 Å². The van der Waals surface area contributed by atoms with E-state index in [2.05, 4.69) is 31.2 Å². The number of hydrogen-bond acceptors (Lipinski definition) is 5. The standard InChI is InChI=1S/C27H26ClNO4/c1-15-3-5-17(6-4-15)24-16(2)29-25(33-24)27-12-26(13-27,14-27)11-21(31)23-10-20(30)19-9-18(28)7-8-22(19)32-23/h3-9,20,23,30H,10-14H2,1-2H3/t20-,23+,26?,27?/m1/s1. The number of aliphatic hydroxyl groups is 1. The molecule has 4 aliphatic rings. The quantitative estimate of drug-likeness (QED) is 0.511. The van der Waals surface area contributed by atoms with Crippen LogP contribution in [0.15, 0.2) is 46.9 Å².